The van der Waals surface area contributed by atoms with E-state index >= 15 is 0 Å². The van der Waals surface area contributed by atoms with Gasteiger partial charge in [0.05, 0.1) is 31.7 Å². The Labute approximate surface area is 98.8 Å². The summed E-state index contributed by atoms with van der Waals surface area (Å²) < 4.78 is 15.0. The minimum absolute atomic E-state index is 0.0104. The summed E-state index contributed by atoms with van der Waals surface area (Å²) in [5.41, 5.74) is 0. The quantitative estimate of drug-likeness (QED) is 0.484. The van der Waals surface area contributed by atoms with E-state index < -0.39 is 17.9 Å². The van der Waals surface area contributed by atoms with Gasteiger partial charge in [-0.15, -0.1) is 0 Å². The van der Waals surface area contributed by atoms with Gasteiger partial charge in [-0.25, -0.2) is 0 Å². The van der Waals surface area contributed by atoms with Crippen LogP contribution in [0.5, 0.6) is 0 Å². The molecule has 0 aliphatic carbocycles. The minimum Gasteiger partial charge on any atom is -0.481 e. The van der Waals surface area contributed by atoms with Crippen molar-refractivity contribution in [1.29, 1.82) is 0 Å². The molecule has 0 amide bonds. The van der Waals surface area contributed by atoms with Crippen molar-refractivity contribution in [2.45, 2.75) is 31.5 Å². The standard InChI is InChI=1S/C11H16O6/c12-10(13)3-7(1-2-8-4-15-8)11(14)17-6-9-5-16-9/h7-9H,1-6H2,(H,12,13). The molecule has 1 N–H and O–H groups in total. The van der Waals surface area contributed by atoms with E-state index in [2.05, 4.69) is 0 Å². The number of epoxide rings is 2. The van der Waals surface area contributed by atoms with Gasteiger partial charge >= 0.3 is 11.9 Å². The van der Waals surface area contributed by atoms with Crippen LogP contribution in [0.25, 0.3) is 0 Å². The topological polar surface area (TPSA) is 88.7 Å². The Bertz CT molecular complexity index is 294. The van der Waals surface area contributed by atoms with Crippen LogP contribution in [0.1, 0.15) is 19.3 Å². The SMILES string of the molecule is O=C(O)CC(CCC1CO1)C(=O)OCC1CO1. The van der Waals surface area contributed by atoms with Crippen LogP contribution in [0, 0.1) is 5.92 Å². The summed E-state index contributed by atoms with van der Waals surface area (Å²) in [6.07, 6.45) is 1.24. The lowest BCUT2D eigenvalue weighted by Crippen LogP contribution is -2.23. The Morgan fingerprint density at radius 2 is 1.94 bits per heavy atom. The number of aliphatic carboxylic acids is 1. The van der Waals surface area contributed by atoms with Crippen molar-refractivity contribution >= 4 is 11.9 Å². The van der Waals surface area contributed by atoms with Gasteiger partial charge in [0.1, 0.15) is 12.7 Å². The Hall–Kier alpha value is -1.14. The molecule has 0 spiro atoms. The highest BCUT2D eigenvalue weighted by Crippen LogP contribution is 2.22. The third-order valence-corrected chi connectivity index (χ3v) is 2.81. The summed E-state index contributed by atoms with van der Waals surface area (Å²) in [6.45, 7) is 1.56. The van der Waals surface area contributed by atoms with E-state index in [4.69, 9.17) is 19.3 Å². The van der Waals surface area contributed by atoms with Crippen LogP contribution in [0.4, 0.5) is 0 Å². The summed E-state index contributed by atoms with van der Waals surface area (Å²) in [5, 5.41) is 8.74. The number of ether oxygens (including phenoxy) is 3. The molecule has 3 unspecified atom stereocenters. The van der Waals surface area contributed by atoms with Gasteiger partial charge in [-0.05, 0) is 12.8 Å². The molecule has 0 saturated carbocycles. The molecular formula is C11H16O6. The van der Waals surface area contributed by atoms with Crippen LogP contribution in [0.2, 0.25) is 0 Å². The lowest BCUT2D eigenvalue weighted by Gasteiger charge is -2.12. The van der Waals surface area contributed by atoms with Crippen LogP contribution in [-0.2, 0) is 23.8 Å². The molecule has 2 heterocycles. The molecule has 96 valence electrons. The smallest absolute Gasteiger partial charge is 0.309 e. The molecule has 6 nitrogen and oxygen atoms in total. The first-order valence-corrected chi connectivity index (χ1v) is 5.77. The predicted octanol–water partition coefficient (Wildman–Crippen LogP) is 0.198. The van der Waals surface area contributed by atoms with E-state index in [1.165, 1.54) is 0 Å². The number of carboxylic acid groups (broad SMARTS) is 1. The monoisotopic (exact) mass is 244 g/mol. The first kappa shape index (κ1) is 12.3. The second-order valence-corrected chi connectivity index (χ2v) is 4.41. The number of carbonyl (C=O) groups is 2. The third-order valence-electron chi connectivity index (χ3n) is 2.81. The van der Waals surface area contributed by atoms with Crippen molar-refractivity contribution in [3.05, 3.63) is 0 Å². The molecule has 2 aliphatic heterocycles. The molecule has 0 bridgehead atoms. The highest BCUT2D eigenvalue weighted by molar-refractivity contribution is 5.79. The molecule has 0 aromatic carbocycles. The van der Waals surface area contributed by atoms with E-state index in [0.29, 0.717) is 26.1 Å². The number of esters is 1. The fourth-order valence-corrected chi connectivity index (χ4v) is 1.59. The maximum Gasteiger partial charge on any atom is 0.309 e. The van der Waals surface area contributed by atoms with Crippen LogP contribution < -0.4 is 0 Å². The summed E-state index contributed by atoms with van der Waals surface area (Å²) in [6, 6.07) is 0. The van der Waals surface area contributed by atoms with E-state index in [-0.39, 0.29) is 25.2 Å². The molecular weight excluding hydrogens is 228 g/mol. The van der Waals surface area contributed by atoms with Crippen molar-refractivity contribution in [3.8, 4) is 0 Å². The van der Waals surface area contributed by atoms with Crippen molar-refractivity contribution in [1.82, 2.24) is 0 Å². The zero-order valence-electron chi connectivity index (χ0n) is 9.46. The van der Waals surface area contributed by atoms with E-state index in [1.807, 2.05) is 0 Å². The van der Waals surface area contributed by atoms with Gasteiger partial charge in [0.25, 0.3) is 0 Å². The van der Waals surface area contributed by atoms with E-state index in [0.717, 1.165) is 0 Å². The van der Waals surface area contributed by atoms with Gasteiger partial charge < -0.3 is 19.3 Å². The summed E-state index contributed by atoms with van der Waals surface area (Å²) in [7, 11) is 0. The zero-order valence-corrected chi connectivity index (χ0v) is 9.46. The summed E-state index contributed by atoms with van der Waals surface area (Å²) in [5.74, 6) is -2.00. The Kier molecular flexibility index (Phi) is 3.96. The maximum atomic E-state index is 11.7. The molecule has 6 heteroatoms. The van der Waals surface area contributed by atoms with Crippen LogP contribution in [0.3, 0.4) is 0 Å². The molecule has 2 saturated heterocycles. The lowest BCUT2D eigenvalue weighted by atomic mass is 9.98. The van der Waals surface area contributed by atoms with Gasteiger partial charge in [0.2, 0.25) is 0 Å². The first-order valence-electron chi connectivity index (χ1n) is 5.77. The predicted molar refractivity (Wildman–Crippen MR) is 55.4 cm³/mol. The molecule has 2 rings (SSSR count). The molecule has 0 radical (unpaired) electrons. The summed E-state index contributed by atoms with van der Waals surface area (Å²) in [4.78, 5) is 22.3. The molecule has 17 heavy (non-hydrogen) atoms. The second-order valence-electron chi connectivity index (χ2n) is 4.41. The average Bonchev–Trinajstić information content (AvgIpc) is 3.14. The Morgan fingerprint density at radius 3 is 2.47 bits per heavy atom. The van der Waals surface area contributed by atoms with Crippen LogP contribution in [0.15, 0.2) is 0 Å². The molecule has 3 atom stereocenters. The largest absolute Gasteiger partial charge is 0.481 e. The van der Waals surface area contributed by atoms with Crippen molar-refractivity contribution in [3.63, 3.8) is 0 Å². The lowest BCUT2D eigenvalue weighted by molar-refractivity contribution is -0.153. The van der Waals surface area contributed by atoms with Gasteiger partial charge in [-0.3, -0.25) is 9.59 Å². The number of rotatable bonds is 8. The second kappa shape index (κ2) is 5.46. The number of carbonyl (C=O) groups excluding carboxylic acids is 1. The van der Waals surface area contributed by atoms with Crippen LogP contribution in [-0.4, -0.2) is 49.1 Å². The molecule has 2 aliphatic rings. The molecule has 0 aromatic heterocycles. The van der Waals surface area contributed by atoms with E-state index in [9.17, 15) is 9.59 Å². The number of carboxylic acids is 1. The normalized spacial score (nSPS) is 27.3. The van der Waals surface area contributed by atoms with Gasteiger partial charge in [-0.1, -0.05) is 0 Å². The minimum atomic E-state index is -0.980. The Balaban J connectivity index is 1.73. The fourth-order valence-electron chi connectivity index (χ4n) is 1.59. The number of hydrogen-bond donors (Lipinski definition) is 1. The fraction of sp³-hybridized carbons (Fsp3) is 0.818. The molecule has 0 aromatic rings. The number of hydrogen-bond acceptors (Lipinski definition) is 5. The van der Waals surface area contributed by atoms with Crippen molar-refractivity contribution in [2.24, 2.45) is 5.92 Å². The summed E-state index contributed by atoms with van der Waals surface area (Å²) >= 11 is 0. The first-order chi connectivity index (χ1) is 8.15. The average molecular weight is 244 g/mol. The van der Waals surface area contributed by atoms with Gasteiger partial charge in [-0.2, -0.15) is 0 Å². The van der Waals surface area contributed by atoms with Gasteiger partial charge in [0, 0.05) is 0 Å². The zero-order chi connectivity index (χ0) is 12.3. The van der Waals surface area contributed by atoms with Crippen molar-refractivity contribution < 1.29 is 28.9 Å². The highest BCUT2D eigenvalue weighted by Gasteiger charge is 2.30. The van der Waals surface area contributed by atoms with E-state index in [1.54, 1.807) is 0 Å². The van der Waals surface area contributed by atoms with Crippen molar-refractivity contribution in [2.75, 3.05) is 19.8 Å². The maximum absolute atomic E-state index is 11.7. The Morgan fingerprint density at radius 1 is 1.29 bits per heavy atom. The third kappa shape index (κ3) is 4.70. The van der Waals surface area contributed by atoms with Gasteiger partial charge in [0.15, 0.2) is 0 Å². The highest BCUT2D eigenvalue weighted by atomic mass is 16.6. The molecule has 2 fully saturated rings. The van der Waals surface area contributed by atoms with Crippen LogP contribution >= 0.6 is 0 Å².